The number of thioether (sulfide) groups is 1. The summed E-state index contributed by atoms with van der Waals surface area (Å²) in [5.74, 6) is 0.427. The molecule has 0 saturated heterocycles. The zero-order valence-electron chi connectivity index (χ0n) is 14.6. The van der Waals surface area contributed by atoms with Crippen LogP contribution in [0.4, 0.5) is 15.6 Å². The van der Waals surface area contributed by atoms with Gasteiger partial charge < -0.3 is 14.8 Å². The lowest BCUT2D eigenvalue weighted by atomic mass is 10.3. The van der Waals surface area contributed by atoms with Gasteiger partial charge >= 0.3 is 12.0 Å². The third-order valence-corrected chi connectivity index (χ3v) is 5.40. The van der Waals surface area contributed by atoms with E-state index < -0.39 is 6.03 Å². The number of amides is 2. The lowest BCUT2D eigenvalue weighted by molar-refractivity contribution is -0.142. The van der Waals surface area contributed by atoms with E-state index in [0.717, 1.165) is 0 Å². The largest absolute Gasteiger partial charge is 0.497 e. The maximum Gasteiger partial charge on any atom is 0.325 e. The summed E-state index contributed by atoms with van der Waals surface area (Å²) >= 11 is 2.48. The fourth-order valence-electron chi connectivity index (χ4n) is 1.90. The minimum absolute atomic E-state index is 0.276. The van der Waals surface area contributed by atoms with Crippen molar-refractivity contribution in [1.29, 1.82) is 0 Å². The number of rotatable bonds is 8. The maximum absolute atomic E-state index is 12.0. The van der Waals surface area contributed by atoms with Crippen LogP contribution in [-0.2, 0) is 9.53 Å². The van der Waals surface area contributed by atoms with Gasteiger partial charge in [0.2, 0.25) is 5.13 Å². The van der Waals surface area contributed by atoms with Crippen LogP contribution in [0, 0.1) is 0 Å². The summed E-state index contributed by atoms with van der Waals surface area (Å²) in [6.07, 6.45) is 0.615. The van der Waals surface area contributed by atoms with E-state index in [4.69, 9.17) is 9.47 Å². The average Bonchev–Trinajstić information content (AvgIpc) is 3.07. The topological polar surface area (TPSA) is 102 Å². The number of hydrogen-bond acceptors (Lipinski definition) is 8. The van der Waals surface area contributed by atoms with E-state index in [1.54, 1.807) is 38.3 Å². The molecule has 1 aromatic heterocycles. The minimum Gasteiger partial charge on any atom is -0.497 e. The predicted molar refractivity (Wildman–Crippen MR) is 102 cm³/mol. The molecule has 0 bridgehead atoms. The number of anilines is 2. The zero-order chi connectivity index (χ0) is 18.9. The van der Waals surface area contributed by atoms with E-state index in [0.29, 0.717) is 33.9 Å². The number of hydrogen-bond donors (Lipinski definition) is 2. The van der Waals surface area contributed by atoms with E-state index in [1.165, 1.54) is 23.1 Å². The van der Waals surface area contributed by atoms with Gasteiger partial charge in [0.1, 0.15) is 11.0 Å². The van der Waals surface area contributed by atoms with Gasteiger partial charge in [-0.2, -0.15) is 0 Å². The number of nitrogens with zero attached hydrogens (tertiary/aromatic N) is 2. The third kappa shape index (κ3) is 5.88. The Morgan fingerprint density at radius 1 is 1.19 bits per heavy atom. The summed E-state index contributed by atoms with van der Waals surface area (Å²) in [6.45, 7) is 4.01. The van der Waals surface area contributed by atoms with Gasteiger partial charge in [-0.1, -0.05) is 30.0 Å². The van der Waals surface area contributed by atoms with Crippen LogP contribution in [0.3, 0.4) is 0 Å². The number of benzene rings is 1. The van der Waals surface area contributed by atoms with Crippen molar-refractivity contribution in [2.75, 3.05) is 24.4 Å². The van der Waals surface area contributed by atoms with Crippen molar-refractivity contribution >= 4 is 45.9 Å². The highest BCUT2D eigenvalue weighted by atomic mass is 32.2. The molecule has 0 aliphatic heterocycles. The second-order valence-corrected chi connectivity index (χ2v) is 7.37. The molecule has 0 radical (unpaired) electrons. The van der Waals surface area contributed by atoms with Crippen LogP contribution in [-0.4, -0.2) is 41.2 Å². The Bertz CT molecular complexity index is 736. The molecule has 0 spiro atoms. The van der Waals surface area contributed by atoms with Crippen LogP contribution in [0.5, 0.6) is 5.75 Å². The Kier molecular flexibility index (Phi) is 7.67. The SMILES string of the molecule is CCOC(=O)[C@@H](CC)Sc1nnc(NC(=O)Nc2ccc(OC)cc2)s1. The predicted octanol–water partition coefficient (Wildman–Crippen LogP) is 3.62. The van der Waals surface area contributed by atoms with E-state index >= 15 is 0 Å². The molecule has 0 fully saturated rings. The van der Waals surface area contributed by atoms with Crippen molar-refractivity contribution in [3.8, 4) is 5.75 Å². The molecule has 0 saturated carbocycles. The standard InChI is InChI=1S/C16H20N4O4S2/c1-4-12(13(21)24-5-2)25-16-20-19-15(26-16)18-14(22)17-10-6-8-11(23-3)9-7-10/h6-9,12H,4-5H2,1-3H3,(H2,17,18,19,22)/t12-/m1/s1. The third-order valence-electron chi connectivity index (χ3n) is 3.14. The van der Waals surface area contributed by atoms with Crippen LogP contribution >= 0.6 is 23.1 Å². The van der Waals surface area contributed by atoms with Crippen LogP contribution < -0.4 is 15.4 Å². The van der Waals surface area contributed by atoms with Gasteiger partial charge in [-0.3, -0.25) is 10.1 Å². The molecular weight excluding hydrogens is 376 g/mol. The molecular formula is C16H20N4O4S2. The summed E-state index contributed by atoms with van der Waals surface area (Å²) in [5.41, 5.74) is 0.621. The normalized spacial score (nSPS) is 11.5. The Labute approximate surface area is 159 Å². The Balaban J connectivity index is 1.90. The van der Waals surface area contributed by atoms with Crippen LogP contribution in [0.2, 0.25) is 0 Å². The molecule has 2 N–H and O–H groups in total. The number of nitrogens with one attached hydrogen (secondary N) is 2. The van der Waals surface area contributed by atoms with Gasteiger partial charge in [0, 0.05) is 5.69 Å². The summed E-state index contributed by atoms with van der Waals surface area (Å²) in [4.78, 5) is 23.9. The van der Waals surface area contributed by atoms with Crippen LogP contribution in [0.25, 0.3) is 0 Å². The number of esters is 1. The Morgan fingerprint density at radius 3 is 2.54 bits per heavy atom. The van der Waals surface area contributed by atoms with E-state index in [2.05, 4.69) is 20.8 Å². The van der Waals surface area contributed by atoms with Crippen molar-refractivity contribution in [3.63, 3.8) is 0 Å². The number of aromatic nitrogens is 2. The quantitative estimate of drug-likeness (QED) is 0.399. The first-order chi connectivity index (χ1) is 12.5. The molecule has 0 unspecified atom stereocenters. The van der Waals surface area contributed by atoms with Crippen molar-refractivity contribution < 1.29 is 19.1 Å². The lowest BCUT2D eigenvalue weighted by Crippen LogP contribution is -2.19. The van der Waals surface area contributed by atoms with Gasteiger partial charge in [-0.15, -0.1) is 10.2 Å². The molecule has 2 aromatic rings. The monoisotopic (exact) mass is 396 g/mol. The van der Waals surface area contributed by atoms with Gasteiger partial charge in [0.15, 0.2) is 4.34 Å². The summed E-state index contributed by atoms with van der Waals surface area (Å²) in [7, 11) is 1.57. The Morgan fingerprint density at radius 2 is 1.92 bits per heavy atom. The van der Waals surface area contributed by atoms with E-state index in [9.17, 15) is 9.59 Å². The Hall–Kier alpha value is -2.33. The molecule has 1 atom stereocenters. The fourth-order valence-corrected chi connectivity index (χ4v) is 3.81. The molecule has 8 nitrogen and oxygen atoms in total. The highest BCUT2D eigenvalue weighted by Gasteiger charge is 2.21. The summed E-state index contributed by atoms with van der Waals surface area (Å²) < 4.78 is 10.7. The molecule has 0 aliphatic carbocycles. The van der Waals surface area contributed by atoms with Crippen LogP contribution in [0.1, 0.15) is 20.3 Å². The molecule has 26 heavy (non-hydrogen) atoms. The second-order valence-electron chi connectivity index (χ2n) is 4.95. The van der Waals surface area contributed by atoms with Gasteiger partial charge in [0.25, 0.3) is 0 Å². The first-order valence-electron chi connectivity index (χ1n) is 7.94. The summed E-state index contributed by atoms with van der Waals surface area (Å²) in [6, 6.07) is 6.52. The average molecular weight is 396 g/mol. The van der Waals surface area contributed by atoms with Crippen molar-refractivity contribution in [2.24, 2.45) is 0 Å². The highest BCUT2D eigenvalue weighted by molar-refractivity contribution is 8.02. The second kappa shape index (κ2) is 9.97. The fraction of sp³-hybridized carbons (Fsp3) is 0.375. The van der Waals surface area contributed by atoms with Crippen molar-refractivity contribution in [1.82, 2.24) is 10.2 Å². The number of ether oxygens (including phenoxy) is 2. The first kappa shape index (κ1) is 20.0. The lowest BCUT2D eigenvalue weighted by Gasteiger charge is -2.10. The summed E-state index contributed by atoms with van der Waals surface area (Å²) in [5, 5.41) is 13.2. The van der Waals surface area contributed by atoms with Crippen LogP contribution in [0.15, 0.2) is 28.6 Å². The number of carbonyl (C=O) groups is 2. The molecule has 10 heteroatoms. The van der Waals surface area contributed by atoms with Crippen molar-refractivity contribution in [2.45, 2.75) is 29.9 Å². The number of methoxy groups -OCH3 is 1. The maximum atomic E-state index is 12.0. The molecule has 0 aliphatic rings. The van der Waals surface area contributed by atoms with E-state index in [-0.39, 0.29) is 11.2 Å². The number of carbonyl (C=O) groups excluding carboxylic acids is 2. The highest BCUT2D eigenvalue weighted by Crippen LogP contribution is 2.31. The molecule has 1 heterocycles. The van der Waals surface area contributed by atoms with Gasteiger partial charge in [-0.25, -0.2) is 4.79 Å². The number of urea groups is 1. The van der Waals surface area contributed by atoms with Gasteiger partial charge in [0.05, 0.1) is 13.7 Å². The van der Waals surface area contributed by atoms with Crippen molar-refractivity contribution in [3.05, 3.63) is 24.3 Å². The molecule has 1 aromatic carbocycles. The minimum atomic E-state index is -0.430. The smallest absolute Gasteiger partial charge is 0.325 e. The first-order valence-corrected chi connectivity index (χ1v) is 9.64. The van der Waals surface area contributed by atoms with Gasteiger partial charge in [-0.05, 0) is 37.6 Å². The zero-order valence-corrected chi connectivity index (χ0v) is 16.3. The van der Waals surface area contributed by atoms with E-state index in [1.807, 2.05) is 6.92 Å². The molecule has 2 rings (SSSR count). The molecule has 140 valence electrons. The molecule has 2 amide bonds.